The standard InChI is InChI=1S/C29H37F2N7O3S/c1-20-15-24(34-27(33-20)37-13-9-29(30,31)10-14-37)22-17-32-38(18-22)25-4-3-23(35-42(40,41)21(2)19-39)16-26(25)36-11-7-28(5-6-28)8-12-36/h3-4,15-18,21,35,39H,5-14,19H2,1-2H3/t21-/m0/s1. The van der Waals surface area contributed by atoms with E-state index < -0.39 is 27.8 Å². The summed E-state index contributed by atoms with van der Waals surface area (Å²) in [6, 6.07) is 7.24. The first-order valence-corrected chi connectivity index (χ1v) is 16.1. The first kappa shape index (κ1) is 28.8. The monoisotopic (exact) mass is 601 g/mol. The summed E-state index contributed by atoms with van der Waals surface area (Å²) < 4.78 is 57.2. The summed E-state index contributed by atoms with van der Waals surface area (Å²) in [6.07, 6.45) is 7.89. The van der Waals surface area contributed by atoms with Crippen LogP contribution in [0.1, 0.15) is 51.1 Å². The van der Waals surface area contributed by atoms with Gasteiger partial charge in [0.25, 0.3) is 5.92 Å². The van der Waals surface area contributed by atoms with Crippen molar-refractivity contribution in [3.8, 4) is 16.9 Å². The largest absolute Gasteiger partial charge is 0.395 e. The molecule has 13 heteroatoms. The first-order chi connectivity index (χ1) is 20.0. The van der Waals surface area contributed by atoms with Gasteiger partial charge in [0.2, 0.25) is 16.0 Å². The fraction of sp³-hybridized carbons (Fsp3) is 0.552. The summed E-state index contributed by atoms with van der Waals surface area (Å²) in [5.74, 6) is -2.22. The average molecular weight is 602 g/mol. The number of alkyl halides is 2. The van der Waals surface area contributed by atoms with Gasteiger partial charge in [-0.15, -0.1) is 0 Å². The van der Waals surface area contributed by atoms with Crippen molar-refractivity contribution >= 4 is 27.3 Å². The van der Waals surface area contributed by atoms with E-state index in [-0.39, 0.29) is 25.9 Å². The van der Waals surface area contributed by atoms with Crippen LogP contribution in [0.3, 0.4) is 0 Å². The quantitative estimate of drug-likeness (QED) is 0.391. The third-order valence-electron chi connectivity index (χ3n) is 8.89. The Hall–Kier alpha value is -3.32. The van der Waals surface area contributed by atoms with E-state index in [2.05, 4.69) is 19.7 Å². The van der Waals surface area contributed by atoms with Crippen molar-refractivity contribution in [3.63, 3.8) is 0 Å². The zero-order valence-electron chi connectivity index (χ0n) is 23.9. The second kappa shape index (κ2) is 10.7. The molecule has 2 N–H and O–H groups in total. The fourth-order valence-electron chi connectivity index (χ4n) is 5.76. The molecule has 10 nitrogen and oxygen atoms in total. The number of aliphatic hydroxyl groups excluding tert-OH is 1. The summed E-state index contributed by atoms with van der Waals surface area (Å²) >= 11 is 0. The van der Waals surface area contributed by atoms with Gasteiger partial charge in [-0.2, -0.15) is 5.10 Å². The van der Waals surface area contributed by atoms with Gasteiger partial charge < -0.3 is 14.9 Å². The number of piperidine rings is 2. The van der Waals surface area contributed by atoms with E-state index in [1.54, 1.807) is 21.8 Å². The van der Waals surface area contributed by atoms with Crippen molar-refractivity contribution in [2.24, 2.45) is 5.41 Å². The lowest BCUT2D eigenvalue weighted by atomic mass is 9.93. The molecule has 2 aromatic heterocycles. The molecule has 6 rings (SSSR count). The SMILES string of the molecule is Cc1cc(-c2cnn(-c3ccc(NS(=O)(=O)[C@@H](C)CO)cc3N3CCC4(CC3)CC4)c2)nc(N2CCC(F)(F)CC2)n1. The predicted octanol–water partition coefficient (Wildman–Crippen LogP) is 4.38. The number of benzene rings is 1. The number of hydrogen-bond acceptors (Lipinski definition) is 8. The molecule has 42 heavy (non-hydrogen) atoms. The molecule has 2 saturated heterocycles. The van der Waals surface area contributed by atoms with Crippen molar-refractivity contribution < 1.29 is 22.3 Å². The minimum Gasteiger partial charge on any atom is -0.395 e. The van der Waals surface area contributed by atoms with Gasteiger partial charge in [-0.25, -0.2) is 31.8 Å². The second-order valence-corrected chi connectivity index (χ2v) is 14.1. The fourth-order valence-corrected chi connectivity index (χ4v) is 6.61. The van der Waals surface area contributed by atoms with Gasteiger partial charge in [0.15, 0.2) is 0 Å². The van der Waals surface area contributed by atoms with E-state index in [4.69, 9.17) is 4.98 Å². The molecule has 1 aromatic carbocycles. The van der Waals surface area contributed by atoms with E-state index in [1.165, 1.54) is 19.8 Å². The topological polar surface area (TPSA) is 116 Å². The molecular formula is C29H37F2N7O3S. The Bertz CT molecular complexity index is 1550. The van der Waals surface area contributed by atoms with Crippen LogP contribution in [-0.4, -0.2) is 77.2 Å². The first-order valence-electron chi connectivity index (χ1n) is 14.5. The number of nitrogens with one attached hydrogen (secondary N) is 1. The molecule has 3 aliphatic rings. The van der Waals surface area contributed by atoms with E-state index >= 15 is 0 Å². The summed E-state index contributed by atoms with van der Waals surface area (Å²) in [6.45, 7) is 4.98. The summed E-state index contributed by atoms with van der Waals surface area (Å²) in [7, 11) is -3.75. The van der Waals surface area contributed by atoms with Crippen LogP contribution in [0.2, 0.25) is 0 Å². The Morgan fingerprint density at radius 2 is 1.67 bits per heavy atom. The summed E-state index contributed by atoms with van der Waals surface area (Å²) in [5, 5.41) is 13.1. The van der Waals surface area contributed by atoms with Crippen LogP contribution < -0.4 is 14.5 Å². The zero-order chi connectivity index (χ0) is 29.7. The van der Waals surface area contributed by atoms with Gasteiger partial charge in [0, 0.05) is 56.5 Å². The number of aliphatic hydroxyl groups is 1. The van der Waals surface area contributed by atoms with Crippen LogP contribution in [0.5, 0.6) is 0 Å². The Kier molecular flexibility index (Phi) is 7.37. The molecule has 0 amide bonds. The van der Waals surface area contributed by atoms with Crippen LogP contribution >= 0.6 is 0 Å². The number of halogens is 2. The Labute approximate surface area is 244 Å². The highest BCUT2D eigenvalue weighted by Crippen LogP contribution is 2.54. The number of rotatable bonds is 8. The Balaban J connectivity index is 1.31. The van der Waals surface area contributed by atoms with Crippen molar-refractivity contribution in [2.45, 2.75) is 63.5 Å². The summed E-state index contributed by atoms with van der Waals surface area (Å²) in [4.78, 5) is 13.3. The molecule has 1 spiro atoms. The number of hydrogen-bond donors (Lipinski definition) is 2. The van der Waals surface area contributed by atoms with Gasteiger partial charge in [-0.05, 0) is 69.2 Å². The molecule has 0 radical (unpaired) electrons. The van der Waals surface area contributed by atoms with E-state index in [9.17, 15) is 22.3 Å². The maximum Gasteiger partial charge on any atom is 0.251 e. The minimum atomic E-state index is -3.75. The highest BCUT2D eigenvalue weighted by atomic mass is 32.2. The molecule has 0 bridgehead atoms. The maximum absolute atomic E-state index is 13.7. The number of aryl methyl sites for hydroxylation is 1. The van der Waals surface area contributed by atoms with Crippen molar-refractivity contribution in [1.29, 1.82) is 0 Å². The molecule has 226 valence electrons. The molecule has 1 aliphatic carbocycles. The second-order valence-electron chi connectivity index (χ2n) is 12.0. The van der Waals surface area contributed by atoms with E-state index in [1.807, 2.05) is 31.3 Å². The maximum atomic E-state index is 13.7. The highest BCUT2D eigenvalue weighted by Gasteiger charge is 2.44. The normalized spacial score (nSPS) is 20.5. The van der Waals surface area contributed by atoms with Crippen LogP contribution in [0.25, 0.3) is 16.9 Å². The Morgan fingerprint density at radius 3 is 2.33 bits per heavy atom. The van der Waals surface area contributed by atoms with Gasteiger partial charge >= 0.3 is 0 Å². The molecule has 4 heterocycles. The van der Waals surface area contributed by atoms with Gasteiger partial charge in [-0.1, -0.05) is 0 Å². The van der Waals surface area contributed by atoms with Gasteiger partial charge in [0.1, 0.15) is 5.25 Å². The smallest absolute Gasteiger partial charge is 0.251 e. The van der Waals surface area contributed by atoms with Crippen molar-refractivity contribution in [1.82, 2.24) is 19.7 Å². The number of anilines is 3. The van der Waals surface area contributed by atoms with Crippen LogP contribution in [0, 0.1) is 12.3 Å². The van der Waals surface area contributed by atoms with Gasteiger partial charge in [-0.3, -0.25) is 4.72 Å². The van der Waals surface area contributed by atoms with Gasteiger partial charge in [0.05, 0.1) is 35.6 Å². The van der Waals surface area contributed by atoms with Crippen LogP contribution in [0.4, 0.5) is 26.1 Å². The van der Waals surface area contributed by atoms with E-state index in [0.29, 0.717) is 22.7 Å². The zero-order valence-corrected chi connectivity index (χ0v) is 24.7. The third-order valence-corrected chi connectivity index (χ3v) is 10.6. The van der Waals surface area contributed by atoms with Crippen molar-refractivity contribution in [3.05, 3.63) is 42.4 Å². The lowest BCUT2D eigenvalue weighted by Gasteiger charge is -2.35. The highest BCUT2D eigenvalue weighted by molar-refractivity contribution is 7.93. The van der Waals surface area contributed by atoms with E-state index in [0.717, 1.165) is 48.6 Å². The lowest BCUT2D eigenvalue weighted by molar-refractivity contribution is -0.0222. The molecule has 1 saturated carbocycles. The molecule has 0 unspecified atom stereocenters. The average Bonchev–Trinajstić information content (AvgIpc) is 3.52. The number of sulfonamides is 1. The molecule has 2 aliphatic heterocycles. The lowest BCUT2D eigenvalue weighted by Crippen LogP contribution is -2.40. The Morgan fingerprint density at radius 1 is 0.976 bits per heavy atom. The molecule has 1 atom stereocenters. The number of aromatic nitrogens is 4. The molecule has 3 aromatic rings. The third kappa shape index (κ3) is 5.94. The van der Waals surface area contributed by atoms with Crippen LogP contribution in [-0.2, 0) is 10.0 Å². The van der Waals surface area contributed by atoms with Crippen LogP contribution in [0.15, 0.2) is 36.7 Å². The predicted molar refractivity (Wildman–Crippen MR) is 158 cm³/mol. The molecule has 3 fully saturated rings. The minimum absolute atomic E-state index is 0.197. The summed E-state index contributed by atoms with van der Waals surface area (Å²) in [5.41, 5.74) is 4.71. The number of nitrogens with zero attached hydrogens (tertiary/aromatic N) is 6. The molecular weight excluding hydrogens is 564 g/mol. The van der Waals surface area contributed by atoms with Crippen molar-refractivity contribution in [2.75, 3.05) is 47.3 Å².